The number of hydrogen-bond donors (Lipinski definition) is 2. The third-order valence-electron chi connectivity index (χ3n) is 1.15. The quantitative estimate of drug-likeness (QED) is 0.296. The van der Waals surface area contributed by atoms with Crippen molar-refractivity contribution in [1.82, 2.24) is 0 Å². The third-order valence-corrected chi connectivity index (χ3v) is 1.15. The fourth-order valence-electron chi connectivity index (χ4n) is 0.653. The van der Waals surface area contributed by atoms with Crippen molar-refractivity contribution in [3.8, 4) is 0 Å². The van der Waals surface area contributed by atoms with E-state index in [0.717, 1.165) is 12.2 Å². The summed E-state index contributed by atoms with van der Waals surface area (Å²) in [4.78, 5) is 24.3. The summed E-state index contributed by atoms with van der Waals surface area (Å²) in [6.45, 7) is 1.76. The van der Waals surface area contributed by atoms with Crippen molar-refractivity contribution >= 4 is 11.9 Å². The van der Waals surface area contributed by atoms with Crippen molar-refractivity contribution in [2.75, 3.05) is 0 Å². The largest absolute Gasteiger partial charge is 0.478 e. The highest BCUT2D eigenvalue weighted by Gasteiger charge is 2.06. The van der Waals surface area contributed by atoms with Gasteiger partial charge in [-0.05, 0) is 12.5 Å². The minimum absolute atomic E-state index is 0.00685. The van der Waals surface area contributed by atoms with Crippen LogP contribution in [0.3, 0.4) is 0 Å². The standard InChI is InChI=1S/C8H10O5/c1-2-3-6(8(11)13-12)4-5-7(9)10/h3-5,12H,2H2,1H3,(H,9,10). The Balaban J connectivity index is 4.54. The predicted molar refractivity (Wildman–Crippen MR) is 43.9 cm³/mol. The van der Waals surface area contributed by atoms with E-state index in [9.17, 15) is 9.59 Å². The van der Waals surface area contributed by atoms with E-state index in [2.05, 4.69) is 4.89 Å². The summed E-state index contributed by atoms with van der Waals surface area (Å²) in [5.74, 6) is -2.15. The van der Waals surface area contributed by atoms with E-state index >= 15 is 0 Å². The molecule has 0 unspecified atom stereocenters. The molecule has 0 aromatic carbocycles. The molecule has 72 valence electrons. The van der Waals surface area contributed by atoms with Gasteiger partial charge in [-0.3, -0.25) is 4.89 Å². The summed E-state index contributed by atoms with van der Waals surface area (Å²) in [6.07, 6.45) is 3.83. The Morgan fingerprint density at radius 2 is 2.00 bits per heavy atom. The molecule has 0 aliphatic heterocycles. The SMILES string of the molecule is CCC=C(C=CC(=O)O)C(=O)OO. The zero-order valence-corrected chi connectivity index (χ0v) is 7.06. The smallest absolute Gasteiger partial charge is 0.372 e. The van der Waals surface area contributed by atoms with Crippen LogP contribution in [0.5, 0.6) is 0 Å². The van der Waals surface area contributed by atoms with Gasteiger partial charge in [0.25, 0.3) is 0 Å². The number of carbonyl (C=O) groups excluding carboxylic acids is 1. The Morgan fingerprint density at radius 3 is 2.38 bits per heavy atom. The van der Waals surface area contributed by atoms with Crippen LogP contribution in [0.1, 0.15) is 13.3 Å². The molecule has 0 aromatic rings. The molecule has 5 heteroatoms. The fraction of sp³-hybridized carbons (Fsp3) is 0.250. The minimum atomic E-state index is -1.17. The van der Waals surface area contributed by atoms with Crippen molar-refractivity contribution < 1.29 is 24.8 Å². The molecule has 0 atom stereocenters. The molecule has 0 fully saturated rings. The number of hydrogen-bond acceptors (Lipinski definition) is 4. The molecular formula is C8H10O5. The predicted octanol–water partition coefficient (Wildman–Crippen LogP) is 0.980. The molecule has 0 aliphatic carbocycles. The first kappa shape index (κ1) is 11.4. The highest BCUT2D eigenvalue weighted by atomic mass is 17.1. The number of carboxylic acid groups (broad SMARTS) is 1. The molecule has 13 heavy (non-hydrogen) atoms. The maximum atomic E-state index is 10.7. The zero-order chi connectivity index (χ0) is 10.3. The van der Waals surface area contributed by atoms with Crippen molar-refractivity contribution in [2.24, 2.45) is 0 Å². The molecule has 0 bridgehead atoms. The van der Waals surface area contributed by atoms with Crippen molar-refractivity contribution in [1.29, 1.82) is 0 Å². The second kappa shape index (κ2) is 5.96. The number of carbonyl (C=O) groups is 2. The summed E-state index contributed by atoms with van der Waals surface area (Å²) in [5, 5.41) is 16.3. The van der Waals surface area contributed by atoms with Crippen LogP contribution in [0.4, 0.5) is 0 Å². The Labute approximate surface area is 74.9 Å². The molecule has 0 aliphatic rings. The Kier molecular flexibility index (Phi) is 5.22. The van der Waals surface area contributed by atoms with Gasteiger partial charge in [-0.2, -0.15) is 5.26 Å². The zero-order valence-electron chi connectivity index (χ0n) is 7.06. The van der Waals surface area contributed by atoms with Crippen molar-refractivity contribution in [3.63, 3.8) is 0 Å². The monoisotopic (exact) mass is 186 g/mol. The minimum Gasteiger partial charge on any atom is -0.478 e. The molecule has 0 heterocycles. The Hall–Kier alpha value is -1.62. The first-order chi connectivity index (χ1) is 6.11. The maximum Gasteiger partial charge on any atom is 0.372 e. The van der Waals surface area contributed by atoms with Crippen LogP contribution in [0.15, 0.2) is 23.8 Å². The molecule has 5 nitrogen and oxygen atoms in total. The second-order valence-electron chi connectivity index (χ2n) is 2.12. The van der Waals surface area contributed by atoms with Gasteiger partial charge in [0, 0.05) is 6.08 Å². The maximum absolute atomic E-state index is 10.7. The molecule has 0 amide bonds. The molecule has 2 N–H and O–H groups in total. The lowest BCUT2D eigenvalue weighted by Crippen LogP contribution is -2.03. The number of aliphatic carboxylic acids is 1. The summed E-state index contributed by atoms with van der Waals surface area (Å²) < 4.78 is 0. The first-order valence-corrected chi connectivity index (χ1v) is 3.58. The van der Waals surface area contributed by atoms with Gasteiger partial charge >= 0.3 is 11.9 Å². The van der Waals surface area contributed by atoms with Crippen LogP contribution in [0.25, 0.3) is 0 Å². The molecule has 0 saturated carbocycles. The van der Waals surface area contributed by atoms with Crippen molar-refractivity contribution in [3.05, 3.63) is 23.8 Å². The normalized spacial score (nSPS) is 11.7. The molecule has 0 saturated heterocycles. The van der Waals surface area contributed by atoms with Crippen LogP contribution in [-0.4, -0.2) is 22.3 Å². The van der Waals surface area contributed by atoms with Gasteiger partial charge < -0.3 is 5.11 Å². The highest BCUT2D eigenvalue weighted by molar-refractivity contribution is 5.93. The lowest BCUT2D eigenvalue weighted by molar-refractivity contribution is -0.229. The lowest BCUT2D eigenvalue weighted by atomic mass is 10.2. The fourth-order valence-corrected chi connectivity index (χ4v) is 0.653. The third kappa shape index (κ3) is 4.76. The average Bonchev–Trinajstić information content (AvgIpc) is 2.10. The van der Waals surface area contributed by atoms with Crippen LogP contribution in [-0.2, 0) is 14.5 Å². The second-order valence-corrected chi connectivity index (χ2v) is 2.12. The lowest BCUT2D eigenvalue weighted by Gasteiger charge is -1.95. The molecule has 0 rings (SSSR count). The number of allylic oxidation sites excluding steroid dienone is 1. The van der Waals surface area contributed by atoms with E-state index in [1.165, 1.54) is 6.08 Å². The van der Waals surface area contributed by atoms with Gasteiger partial charge in [0.15, 0.2) is 0 Å². The van der Waals surface area contributed by atoms with Gasteiger partial charge in [0.1, 0.15) is 0 Å². The van der Waals surface area contributed by atoms with Gasteiger partial charge in [-0.15, -0.1) is 0 Å². The summed E-state index contributed by atoms with van der Waals surface area (Å²) in [7, 11) is 0. The average molecular weight is 186 g/mol. The van der Waals surface area contributed by atoms with E-state index in [0.29, 0.717) is 6.42 Å². The summed E-state index contributed by atoms with van der Waals surface area (Å²) >= 11 is 0. The summed E-state index contributed by atoms with van der Waals surface area (Å²) in [6, 6.07) is 0. The van der Waals surface area contributed by atoms with Crippen LogP contribution in [0, 0.1) is 0 Å². The molecular weight excluding hydrogens is 176 g/mol. The summed E-state index contributed by atoms with van der Waals surface area (Å²) in [5.41, 5.74) is 0.00685. The Morgan fingerprint density at radius 1 is 1.38 bits per heavy atom. The highest BCUT2D eigenvalue weighted by Crippen LogP contribution is 2.01. The van der Waals surface area contributed by atoms with Crippen LogP contribution < -0.4 is 0 Å². The Bertz CT molecular complexity index is 251. The topological polar surface area (TPSA) is 83.8 Å². The van der Waals surface area contributed by atoms with Crippen LogP contribution in [0.2, 0.25) is 0 Å². The van der Waals surface area contributed by atoms with E-state index in [-0.39, 0.29) is 5.57 Å². The van der Waals surface area contributed by atoms with E-state index < -0.39 is 11.9 Å². The van der Waals surface area contributed by atoms with Crippen molar-refractivity contribution in [2.45, 2.75) is 13.3 Å². The first-order valence-electron chi connectivity index (χ1n) is 3.58. The van der Waals surface area contributed by atoms with Gasteiger partial charge in [-0.1, -0.05) is 13.0 Å². The molecule has 0 aromatic heterocycles. The van der Waals surface area contributed by atoms with E-state index in [1.54, 1.807) is 6.92 Å². The number of carboxylic acids is 1. The van der Waals surface area contributed by atoms with E-state index in [1.807, 2.05) is 0 Å². The molecule has 0 radical (unpaired) electrons. The number of rotatable bonds is 4. The van der Waals surface area contributed by atoms with E-state index in [4.69, 9.17) is 10.4 Å². The van der Waals surface area contributed by atoms with Gasteiger partial charge in [-0.25, -0.2) is 9.59 Å². The van der Waals surface area contributed by atoms with Gasteiger partial charge in [0.05, 0.1) is 5.57 Å². The molecule has 0 spiro atoms. The van der Waals surface area contributed by atoms with Crippen LogP contribution >= 0.6 is 0 Å². The van der Waals surface area contributed by atoms with Gasteiger partial charge in [0.2, 0.25) is 0 Å².